The highest BCUT2D eigenvalue weighted by molar-refractivity contribution is 5.27. The van der Waals surface area contributed by atoms with Crippen LogP contribution in [0.1, 0.15) is 43.1 Å². The lowest BCUT2D eigenvalue weighted by molar-refractivity contribution is 0.451. The highest BCUT2D eigenvalue weighted by Crippen LogP contribution is 2.53. The monoisotopic (exact) mass is 267 g/mol. The lowest BCUT2D eigenvalue weighted by atomic mass is 10.0. The molecule has 1 saturated carbocycles. The summed E-state index contributed by atoms with van der Waals surface area (Å²) in [6.07, 6.45) is 6.03. The summed E-state index contributed by atoms with van der Waals surface area (Å²) in [6, 6.07) is 12.9. The molecule has 1 aliphatic carbocycles. The quantitative estimate of drug-likeness (QED) is 0.872. The lowest BCUT2D eigenvalue weighted by Crippen LogP contribution is -2.26. The Balaban J connectivity index is 1.75. The van der Waals surface area contributed by atoms with Crippen LogP contribution in [0.4, 0.5) is 0 Å². The molecule has 20 heavy (non-hydrogen) atoms. The third-order valence-electron chi connectivity index (χ3n) is 3.97. The molecule has 1 aromatic heterocycles. The summed E-state index contributed by atoms with van der Waals surface area (Å²) in [5.74, 6) is 2.20. The molecule has 3 atom stereocenters. The van der Waals surface area contributed by atoms with Crippen molar-refractivity contribution in [2.45, 2.75) is 31.7 Å². The Hall–Kier alpha value is -1.74. The Bertz CT molecular complexity index is 526. The molecule has 0 saturated heterocycles. The molecule has 104 valence electrons. The van der Waals surface area contributed by atoms with E-state index in [0.29, 0.717) is 11.8 Å². The zero-order valence-corrected chi connectivity index (χ0v) is 11.9. The van der Waals surface area contributed by atoms with Crippen LogP contribution in [0.5, 0.6) is 0 Å². The first kappa shape index (κ1) is 13.3. The summed E-state index contributed by atoms with van der Waals surface area (Å²) < 4.78 is 0. The smallest absolute Gasteiger partial charge is 0.145 e. The van der Waals surface area contributed by atoms with E-state index in [1.165, 1.54) is 12.0 Å². The number of benzene rings is 1. The van der Waals surface area contributed by atoms with Gasteiger partial charge in [0.25, 0.3) is 0 Å². The van der Waals surface area contributed by atoms with Crippen LogP contribution < -0.4 is 5.32 Å². The van der Waals surface area contributed by atoms with E-state index in [1.807, 2.05) is 18.5 Å². The molecule has 3 rings (SSSR count). The zero-order valence-electron chi connectivity index (χ0n) is 11.9. The molecule has 1 aliphatic rings. The molecule has 3 nitrogen and oxygen atoms in total. The van der Waals surface area contributed by atoms with Gasteiger partial charge in [0.05, 0.1) is 6.04 Å². The Morgan fingerprint density at radius 1 is 1.15 bits per heavy atom. The number of hydrogen-bond acceptors (Lipinski definition) is 3. The van der Waals surface area contributed by atoms with Gasteiger partial charge < -0.3 is 5.32 Å². The van der Waals surface area contributed by atoms with Gasteiger partial charge in [0.2, 0.25) is 0 Å². The van der Waals surface area contributed by atoms with Gasteiger partial charge in [-0.05, 0) is 42.9 Å². The van der Waals surface area contributed by atoms with Crippen LogP contribution in [0, 0.1) is 5.92 Å². The second kappa shape index (κ2) is 6.14. The molecule has 0 amide bonds. The maximum absolute atomic E-state index is 4.45. The van der Waals surface area contributed by atoms with Gasteiger partial charge in [-0.1, -0.05) is 37.3 Å². The summed E-state index contributed by atoms with van der Waals surface area (Å²) in [4.78, 5) is 8.90. The van der Waals surface area contributed by atoms with Crippen LogP contribution in [0.3, 0.4) is 0 Å². The molecule has 1 aromatic carbocycles. The molecule has 0 bridgehead atoms. The lowest BCUT2D eigenvalue weighted by Gasteiger charge is -2.17. The van der Waals surface area contributed by atoms with Gasteiger partial charge in [-0.3, -0.25) is 0 Å². The van der Waals surface area contributed by atoms with E-state index in [2.05, 4.69) is 52.5 Å². The molecular weight excluding hydrogens is 246 g/mol. The van der Waals surface area contributed by atoms with Crippen LogP contribution in [-0.2, 0) is 0 Å². The number of hydrogen-bond donors (Lipinski definition) is 1. The number of nitrogens with zero attached hydrogens (tertiary/aromatic N) is 2. The van der Waals surface area contributed by atoms with E-state index in [4.69, 9.17) is 0 Å². The fourth-order valence-electron chi connectivity index (χ4n) is 2.87. The van der Waals surface area contributed by atoms with Gasteiger partial charge in [-0.15, -0.1) is 0 Å². The van der Waals surface area contributed by atoms with E-state index in [9.17, 15) is 0 Å². The average molecular weight is 267 g/mol. The molecule has 0 aliphatic heterocycles. The van der Waals surface area contributed by atoms with Crippen LogP contribution in [0.15, 0.2) is 48.8 Å². The van der Waals surface area contributed by atoms with Gasteiger partial charge >= 0.3 is 0 Å². The standard InChI is InChI=1S/C17H21N3/c1-2-9-18-16(17-19-10-6-11-20-17)15-12-14(15)13-7-4-3-5-8-13/h3-8,10-11,14-16,18H,2,9,12H2,1H3. The SMILES string of the molecule is CCCNC(c1ncccn1)C1CC1c1ccccc1. The molecule has 1 heterocycles. The van der Waals surface area contributed by atoms with Crippen molar-refractivity contribution in [2.24, 2.45) is 5.92 Å². The summed E-state index contributed by atoms with van der Waals surface area (Å²) in [5, 5.41) is 3.62. The first-order valence-corrected chi connectivity index (χ1v) is 7.45. The van der Waals surface area contributed by atoms with E-state index in [-0.39, 0.29) is 6.04 Å². The van der Waals surface area contributed by atoms with E-state index < -0.39 is 0 Å². The van der Waals surface area contributed by atoms with Crippen molar-refractivity contribution in [1.29, 1.82) is 0 Å². The van der Waals surface area contributed by atoms with Gasteiger partial charge in [-0.2, -0.15) is 0 Å². The largest absolute Gasteiger partial charge is 0.307 e. The molecule has 2 aromatic rings. The van der Waals surface area contributed by atoms with Crippen molar-refractivity contribution in [3.8, 4) is 0 Å². The Labute approximate surface area is 120 Å². The fourth-order valence-corrected chi connectivity index (χ4v) is 2.87. The van der Waals surface area contributed by atoms with Gasteiger partial charge in [-0.25, -0.2) is 9.97 Å². The van der Waals surface area contributed by atoms with Crippen LogP contribution >= 0.6 is 0 Å². The third kappa shape index (κ3) is 2.88. The normalized spacial score (nSPS) is 22.4. The number of aromatic nitrogens is 2. The molecule has 3 unspecified atom stereocenters. The van der Waals surface area contributed by atoms with Gasteiger partial charge in [0.15, 0.2) is 0 Å². The predicted octanol–water partition coefficient (Wildman–Crippen LogP) is 3.32. The Morgan fingerprint density at radius 3 is 2.60 bits per heavy atom. The van der Waals surface area contributed by atoms with Crippen molar-refractivity contribution in [1.82, 2.24) is 15.3 Å². The summed E-state index contributed by atoms with van der Waals surface area (Å²) in [7, 11) is 0. The van der Waals surface area contributed by atoms with Crippen molar-refractivity contribution in [3.05, 3.63) is 60.2 Å². The summed E-state index contributed by atoms with van der Waals surface area (Å²) in [5.41, 5.74) is 1.44. The van der Waals surface area contributed by atoms with Crippen LogP contribution in [0.2, 0.25) is 0 Å². The van der Waals surface area contributed by atoms with Gasteiger partial charge in [0, 0.05) is 12.4 Å². The van der Waals surface area contributed by atoms with Gasteiger partial charge in [0.1, 0.15) is 5.82 Å². The van der Waals surface area contributed by atoms with Crippen molar-refractivity contribution in [2.75, 3.05) is 6.54 Å². The number of rotatable bonds is 6. The van der Waals surface area contributed by atoms with E-state index in [1.54, 1.807) is 0 Å². The first-order chi connectivity index (χ1) is 9.90. The summed E-state index contributed by atoms with van der Waals surface area (Å²) in [6.45, 7) is 3.21. The molecule has 0 radical (unpaired) electrons. The minimum atomic E-state index is 0.279. The van der Waals surface area contributed by atoms with Crippen molar-refractivity contribution >= 4 is 0 Å². The number of nitrogens with one attached hydrogen (secondary N) is 1. The average Bonchev–Trinajstić information content (AvgIpc) is 3.30. The second-order valence-corrected chi connectivity index (χ2v) is 5.46. The Kier molecular flexibility index (Phi) is 4.07. The Morgan fingerprint density at radius 2 is 1.90 bits per heavy atom. The minimum Gasteiger partial charge on any atom is -0.307 e. The molecule has 1 fully saturated rings. The van der Waals surface area contributed by atoms with Crippen LogP contribution in [0.25, 0.3) is 0 Å². The highest BCUT2D eigenvalue weighted by atomic mass is 15.0. The molecule has 1 N–H and O–H groups in total. The second-order valence-electron chi connectivity index (χ2n) is 5.46. The van der Waals surface area contributed by atoms with Crippen molar-refractivity contribution in [3.63, 3.8) is 0 Å². The fraction of sp³-hybridized carbons (Fsp3) is 0.412. The summed E-state index contributed by atoms with van der Waals surface area (Å²) >= 11 is 0. The first-order valence-electron chi connectivity index (χ1n) is 7.45. The minimum absolute atomic E-state index is 0.279. The maximum atomic E-state index is 4.45. The van der Waals surface area contributed by atoms with Crippen molar-refractivity contribution < 1.29 is 0 Å². The third-order valence-corrected chi connectivity index (χ3v) is 3.97. The zero-order chi connectivity index (χ0) is 13.8. The molecule has 3 heteroatoms. The molecule has 0 spiro atoms. The predicted molar refractivity (Wildman–Crippen MR) is 80.4 cm³/mol. The highest BCUT2D eigenvalue weighted by Gasteiger charge is 2.45. The van der Waals surface area contributed by atoms with Crippen LogP contribution in [-0.4, -0.2) is 16.5 Å². The van der Waals surface area contributed by atoms with E-state index in [0.717, 1.165) is 18.8 Å². The molecular formula is C17H21N3. The maximum Gasteiger partial charge on any atom is 0.145 e. The topological polar surface area (TPSA) is 37.8 Å². The van der Waals surface area contributed by atoms with E-state index >= 15 is 0 Å².